The Kier molecular flexibility index (Phi) is 5.04. The van der Waals surface area contributed by atoms with E-state index in [2.05, 4.69) is 15.6 Å². The highest BCUT2D eigenvalue weighted by Gasteiger charge is 2.36. The normalized spacial score (nSPS) is 22.1. The number of nitrogens with one attached hydrogen (secondary N) is 3. The fraction of sp³-hybridized carbons (Fsp3) is 0.278. The van der Waals surface area contributed by atoms with Crippen molar-refractivity contribution >= 4 is 24.0 Å². The number of nitrogens with zero attached hydrogens (tertiary/aromatic N) is 1. The second kappa shape index (κ2) is 7.28. The summed E-state index contributed by atoms with van der Waals surface area (Å²) >= 11 is 0. The van der Waals surface area contributed by atoms with Gasteiger partial charge in [0.25, 0.3) is 12.3 Å². The summed E-state index contributed by atoms with van der Waals surface area (Å²) in [5.74, 6) is -0.347. The maximum absolute atomic E-state index is 13.5. The molecule has 3 rings (SSSR count). The van der Waals surface area contributed by atoms with E-state index in [1.54, 1.807) is 13.0 Å². The number of aliphatic imine (C=N–C) groups is 1. The Morgan fingerprint density at radius 3 is 2.93 bits per heavy atom. The summed E-state index contributed by atoms with van der Waals surface area (Å²) in [6.45, 7) is 1.40. The van der Waals surface area contributed by atoms with Crippen molar-refractivity contribution in [3.63, 3.8) is 0 Å². The highest BCUT2D eigenvalue weighted by molar-refractivity contribution is 6.18. The third-order valence-electron chi connectivity index (χ3n) is 4.22. The maximum Gasteiger partial charge on any atom is 0.265 e. The van der Waals surface area contributed by atoms with Crippen molar-refractivity contribution in [1.29, 1.82) is 5.41 Å². The number of hydrogen-bond donors (Lipinski definition) is 4. The van der Waals surface area contributed by atoms with Gasteiger partial charge in [-0.05, 0) is 25.1 Å². The second-order valence-corrected chi connectivity index (χ2v) is 6.38. The number of rotatable bonds is 5. The lowest BCUT2D eigenvalue weighted by Crippen LogP contribution is -2.34. The molecule has 0 unspecified atom stereocenters. The van der Waals surface area contributed by atoms with E-state index in [-0.39, 0.29) is 29.4 Å². The molecule has 4 N–H and O–H groups in total. The number of alkyl halides is 2. The highest BCUT2D eigenvalue weighted by atomic mass is 19.3. The minimum Gasteiger partial charge on any atom is -0.485 e. The van der Waals surface area contributed by atoms with Crippen molar-refractivity contribution in [3.8, 4) is 5.75 Å². The first-order valence-corrected chi connectivity index (χ1v) is 8.13. The number of carbonyl (C=O) groups is 1. The summed E-state index contributed by atoms with van der Waals surface area (Å²) in [4.78, 5) is 16.5. The number of fused-ring (bicyclic) bond motifs is 1. The van der Waals surface area contributed by atoms with E-state index in [1.807, 2.05) is 0 Å². The molecule has 0 spiro atoms. The Bertz CT molecular complexity index is 880. The molecule has 1 aromatic rings. The molecule has 0 saturated carbocycles. The van der Waals surface area contributed by atoms with Gasteiger partial charge in [-0.25, -0.2) is 13.8 Å². The lowest BCUT2D eigenvalue weighted by Gasteiger charge is -2.20. The molecule has 1 amide bonds. The molecule has 0 aliphatic carbocycles. The van der Waals surface area contributed by atoms with Crippen LogP contribution in [0.25, 0.3) is 0 Å². The summed E-state index contributed by atoms with van der Waals surface area (Å²) in [7, 11) is 0. The number of benzene rings is 1. The minimum atomic E-state index is -2.85. The quantitative estimate of drug-likeness (QED) is 0.467. The van der Waals surface area contributed by atoms with Gasteiger partial charge in [-0.3, -0.25) is 4.79 Å². The average molecular weight is 376 g/mol. The van der Waals surface area contributed by atoms with Crippen LogP contribution in [0.15, 0.2) is 40.8 Å². The zero-order chi connectivity index (χ0) is 19.6. The van der Waals surface area contributed by atoms with Crippen molar-refractivity contribution in [2.75, 3.05) is 11.9 Å². The number of hydrogen-bond acceptors (Lipinski definition) is 6. The van der Waals surface area contributed by atoms with Crippen molar-refractivity contribution in [2.24, 2.45) is 4.99 Å². The molecule has 27 heavy (non-hydrogen) atoms. The number of halogens is 2. The second-order valence-electron chi connectivity index (χ2n) is 6.38. The zero-order valence-corrected chi connectivity index (χ0v) is 14.4. The number of allylic oxidation sites excluding steroid dienone is 1. The van der Waals surface area contributed by atoms with E-state index >= 15 is 0 Å². The molecule has 0 bridgehead atoms. The molecule has 2 heterocycles. The molecule has 0 fully saturated rings. The van der Waals surface area contributed by atoms with E-state index in [4.69, 9.17) is 10.1 Å². The molecule has 1 atom stereocenters. The Morgan fingerprint density at radius 2 is 2.33 bits per heavy atom. The first-order valence-electron chi connectivity index (χ1n) is 8.13. The van der Waals surface area contributed by atoms with Crippen LogP contribution in [-0.2, 0) is 11.2 Å². The summed E-state index contributed by atoms with van der Waals surface area (Å²) in [5, 5.41) is 22.1. The standard InChI is InChI=1S/C18H18F2N4O3/c1-18(9-25)7-10-5-13(11(15(19)20)6-14(10)27-18)24-17(26)12(8-21)16-22-3-2-4-23-16/h2-6,8,15,21-22,25H,7,9H2,1H3,(H,24,26)/b16-12-,21-8?/t18-/m0/s1. The van der Waals surface area contributed by atoms with Crippen molar-refractivity contribution in [1.82, 2.24) is 5.32 Å². The summed E-state index contributed by atoms with van der Waals surface area (Å²) in [6, 6.07) is 2.59. The number of carbonyl (C=O) groups excluding carboxylic acids is 1. The number of ether oxygens (including phenoxy) is 1. The van der Waals surface area contributed by atoms with Crippen LogP contribution in [-0.4, -0.2) is 35.7 Å². The number of aliphatic hydroxyl groups excluding tert-OH is 1. The molecular weight excluding hydrogens is 358 g/mol. The van der Waals surface area contributed by atoms with E-state index in [0.717, 1.165) is 6.21 Å². The number of anilines is 1. The SMILES string of the molecule is C[C@@]1(CO)Cc2cc(NC(=O)/C(C=N)=C3\N=CC=CN3)c(C(F)F)cc2O1. The van der Waals surface area contributed by atoms with E-state index in [9.17, 15) is 18.7 Å². The van der Waals surface area contributed by atoms with Gasteiger partial charge in [0.2, 0.25) is 0 Å². The van der Waals surface area contributed by atoms with Gasteiger partial charge in [0, 0.05) is 36.2 Å². The highest BCUT2D eigenvalue weighted by Crippen LogP contribution is 2.41. The largest absolute Gasteiger partial charge is 0.485 e. The van der Waals surface area contributed by atoms with Crippen LogP contribution in [0.2, 0.25) is 0 Å². The molecule has 1 aromatic carbocycles. The lowest BCUT2D eigenvalue weighted by molar-refractivity contribution is -0.112. The monoisotopic (exact) mass is 376 g/mol. The fourth-order valence-corrected chi connectivity index (χ4v) is 2.86. The van der Waals surface area contributed by atoms with Gasteiger partial charge in [0.05, 0.1) is 17.9 Å². The van der Waals surface area contributed by atoms with Gasteiger partial charge < -0.3 is 25.9 Å². The first kappa shape index (κ1) is 18.7. The molecule has 2 aliphatic heterocycles. The van der Waals surface area contributed by atoms with E-state index in [0.29, 0.717) is 12.0 Å². The van der Waals surface area contributed by atoms with Crippen molar-refractivity contribution in [2.45, 2.75) is 25.4 Å². The molecular formula is C18H18F2N4O3. The minimum absolute atomic E-state index is 0.0742. The van der Waals surface area contributed by atoms with Gasteiger partial charge in [0.1, 0.15) is 17.2 Å². The molecule has 9 heteroatoms. The fourth-order valence-electron chi connectivity index (χ4n) is 2.86. The first-order chi connectivity index (χ1) is 12.9. The summed E-state index contributed by atoms with van der Waals surface area (Å²) < 4.78 is 32.6. The Hall–Kier alpha value is -3.07. The predicted octanol–water partition coefficient (Wildman–Crippen LogP) is 2.30. The topological polar surface area (TPSA) is 107 Å². The molecule has 2 aliphatic rings. The Balaban J connectivity index is 1.94. The van der Waals surface area contributed by atoms with Gasteiger partial charge >= 0.3 is 0 Å². The lowest BCUT2D eigenvalue weighted by atomic mass is 9.98. The third-order valence-corrected chi connectivity index (χ3v) is 4.22. The maximum atomic E-state index is 13.5. The third kappa shape index (κ3) is 3.72. The van der Waals surface area contributed by atoms with Crippen LogP contribution in [0.3, 0.4) is 0 Å². The molecule has 0 saturated heterocycles. The van der Waals surface area contributed by atoms with Gasteiger partial charge in [-0.15, -0.1) is 0 Å². The molecule has 0 aromatic heterocycles. The van der Waals surface area contributed by atoms with Crippen LogP contribution >= 0.6 is 0 Å². The zero-order valence-electron chi connectivity index (χ0n) is 14.4. The number of aliphatic hydroxyl groups is 1. The van der Waals surface area contributed by atoms with Gasteiger partial charge in [-0.2, -0.15) is 0 Å². The Morgan fingerprint density at radius 1 is 1.56 bits per heavy atom. The van der Waals surface area contributed by atoms with Crippen LogP contribution in [0.5, 0.6) is 5.75 Å². The number of amides is 1. The Labute approximate surface area is 154 Å². The van der Waals surface area contributed by atoms with E-state index < -0.39 is 23.5 Å². The van der Waals surface area contributed by atoms with Gasteiger partial charge in [0.15, 0.2) is 0 Å². The van der Waals surface area contributed by atoms with Crippen LogP contribution in [0.1, 0.15) is 24.5 Å². The molecule has 142 valence electrons. The van der Waals surface area contributed by atoms with Crippen molar-refractivity contribution < 1.29 is 23.4 Å². The van der Waals surface area contributed by atoms with Crippen molar-refractivity contribution in [3.05, 3.63) is 46.9 Å². The predicted molar refractivity (Wildman–Crippen MR) is 96.4 cm³/mol. The van der Waals surface area contributed by atoms with Gasteiger partial charge in [-0.1, -0.05) is 0 Å². The summed E-state index contributed by atoms with van der Waals surface area (Å²) in [6.07, 6.45) is 2.86. The van der Waals surface area contributed by atoms with E-state index in [1.165, 1.54) is 24.5 Å². The molecule has 0 radical (unpaired) electrons. The average Bonchev–Trinajstić information content (AvgIpc) is 2.98. The molecule has 7 nitrogen and oxygen atoms in total. The van der Waals surface area contributed by atoms with Crippen LogP contribution in [0, 0.1) is 5.41 Å². The van der Waals surface area contributed by atoms with Crippen LogP contribution < -0.4 is 15.4 Å². The summed E-state index contributed by atoms with van der Waals surface area (Å²) in [5.41, 5.74) is -0.868. The van der Waals surface area contributed by atoms with Crippen LogP contribution in [0.4, 0.5) is 14.5 Å². The smallest absolute Gasteiger partial charge is 0.265 e.